The fourth-order valence-corrected chi connectivity index (χ4v) is 6.11. The molecule has 2 fully saturated rings. The molecular weight excluding hydrogens is 648 g/mol. The Labute approximate surface area is 301 Å². The summed E-state index contributed by atoms with van der Waals surface area (Å²) in [5.74, 6) is 1.07. The molecule has 6 N–H and O–H groups in total. The third-order valence-electron chi connectivity index (χ3n) is 9.19. The zero-order valence-electron chi connectivity index (χ0n) is 29.9. The van der Waals surface area contributed by atoms with Crippen LogP contribution in [0.3, 0.4) is 0 Å². The number of aromatic nitrogens is 3. The molecule has 3 aromatic rings. The number of unbranched alkanes of at least 4 members (excludes halogenated alkanes) is 4. The lowest BCUT2D eigenvalue weighted by Gasteiger charge is -2.28. The van der Waals surface area contributed by atoms with Gasteiger partial charge in [0, 0.05) is 67.3 Å². The lowest BCUT2D eigenvalue weighted by Crippen LogP contribution is -2.41. The Bertz CT molecular complexity index is 1500. The van der Waals surface area contributed by atoms with Crippen molar-refractivity contribution in [3.63, 3.8) is 0 Å². The van der Waals surface area contributed by atoms with Crippen molar-refractivity contribution >= 4 is 40.0 Å². The molecule has 0 unspecified atom stereocenters. The molecule has 2 aliphatic carbocycles. The van der Waals surface area contributed by atoms with E-state index in [2.05, 4.69) is 36.2 Å². The average molecular weight is 705 g/mol. The predicted molar refractivity (Wildman–Crippen MR) is 199 cm³/mol. The monoisotopic (exact) mass is 704 g/mol. The van der Waals surface area contributed by atoms with Crippen LogP contribution in [-0.4, -0.2) is 91.6 Å². The molecule has 13 nitrogen and oxygen atoms in total. The van der Waals surface area contributed by atoms with E-state index >= 15 is 0 Å². The van der Waals surface area contributed by atoms with Crippen LogP contribution in [0.5, 0.6) is 0 Å². The largest absolute Gasteiger partial charge is 0.382 e. The van der Waals surface area contributed by atoms with Gasteiger partial charge in [-0.15, -0.1) is 0 Å². The topological polar surface area (TPSA) is 175 Å². The van der Waals surface area contributed by atoms with Gasteiger partial charge in [-0.1, -0.05) is 0 Å². The number of pyridine rings is 3. The van der Waals surface area contributed by atoms with Gasteiger partial charge < -0.3 is 41.2 Å². The van der Waals surface area contributed by atoms with Crippen molar-refractivity contribution in [1.82, 2.24) is 25.6 Å². The summed E-state index contributed by atoms with van der Waals surface area (Å²) in [5.41, 5.74) is 7.51. The highest BCUT2D eigenvalue weighted by molar-refractivity contribution is 5.94. The molecule has 2 amide bonds. The minimum Gasteiger partial charge on any atom is -0.382 e. The summed E-state index contributed by atoms with van der Waals surface area (Å²) in [6.07, 6.45) is 14.8. The molecule has 3 aromatic heterocycles. The molecule has 0 atom stereocenters. The van der Waals surface area contributed by atoms with E-state index in [0.29, 0.717) is 63.0 Å². The fourth-order valence-electron chi connectivity index (χ4n) is 6.11. The summed E-state index contributed by atoms with van der Waals surface area (Å²) < 4.78 is 16.7. The molecular formula is C38H56N8O5. The summed E-state index contributed by atoms with van der Waals surface area (Å²) in [7, 11) is 0. The number of amides is 2. The molecule has 0 saturated heterocycles. The molecule has 2 aliphatic rings. The van der Waals surface area contributed by atoms with Crippen LogP contribution in [0, 0.1) is 5.92 Å². The van der Waals surface area contributed by atoms with E-state index in [1.165, 1.54) is 0 Å². The minimum absolute atomic E-state index is 0.00544. The van der Waals surface area contributed by atoms with Gasteiger partial charge in [-0.3, -0.25) is 14.6 Å². The Morgan fingerprint density at radius 2 is 1.45 bits per heavy atom. The van der Waals surface area contributed by atoms with Gasteiger partial charge in [0.2, 0.25) is 5.91 Å². The van der Waals surface area contributed by atoms with Crippen molar-refractivity contribution in [2.24, 2.45) is 11.7 Å². The Balaban J connectivity index is 0.935. The van der Waals surface area contributed by atoms with Gasteiger partial charge in [-0.05, 0) is 108 Å². The second-order valence-corrected chi connectivity index (χ2v) is 13.5. The van der Waals surface area contributed by atoms with Crippen LogP contribution < -0.4 is 27.0 Å². The SMILES string of the molecule is NCCCCCOCCOCCOCCCCCNC(=O)C1CCC(NC(=O)c2cc(NC3CC3)cc(Nc3ccc4cnccc4n3)n2)CC1. The van der Waals surface area contributed by atoms with Crippen LogP contribution in [0.4, 0.5) is 17.3 Å². The summed E-state index contributed by atoms with van der Waals surface area (Å²) >= 11 is 0. The summed E-state index contributed by atoms with van der Waals surface area (Å²) in [6.45, 7) is 5.22. The third kappa shape index (κ3) is 14.0. The molecule has 51 heavy (non-hydrogen) atoms. The molecule has 3 heterocycles. The summed E-state index contributed by atoms with van der Waals surface area (Å²) in [6, 6.07) is 9.84. The average Bonchev–Trinajstić information content (AvgIpc) is 3.97. The van der Waals surface area contributed by atoms with Crippen LogP contribution in [0.25, 0.3) is 10.9 Å². The quantitative estimate of drug-likeness (QED) is 0.0786. The van der Waals surface area contributed by atoms with E-state index in [1.807, 2.05) is 30.3 Å². The molecule has 13 heteroatoms. The number of carbonyl (C=O) groups is 2. The number of hydrogen-bond donors (Lipinski definition) is 5. The first-order valence-corrected chi connectivity index (χ1v) is 18.9. The Morgan fingerprint density at radius 1 is 0.745 bits per heavy atom. The Morgan fingerprint density at radius 3 is 2.18 bits per heavy atom. The molecule has 0 bridgehead atoms. The van der Waals surface area contributed by atoms with Crippen LogP contribution in [0.1, 0.15) is 87.5 Å². The van der Waals surface area contributed by atoms with E-state index in [-0.39, 0.29) is 23.8 Å². The van der Waals surface area contributed by atoms with E-state index in [1.54, 1.807) is 12.4 Å². The number of hydrogen-bond acceptors (Lipinski definition) is 11. The van der Waals surface area contributed by atoms with Crippen molar-refractivity contribution in [3.05, 3.63) is 48.4 Å². The number of rotatable bonds is 24. The fraction of sp³-hybridized carbons (Fsp3) is 0.605. The Kier molecular flexibility index (Phi) is 16.1. The Hall–Kier alpha value is -3.91. The van der Waals surface area contributed by atoms with Crippen molar-refractivity contribution in [3.8, 4) is 0 Å². The van der Waals surface area contributed by atoms with Crippen molar-refractivity contribution in [1.29, 1.82) is 0 Å². The molecule has 5 rings (SSSR count). The van der Waals surface area contributed by atoms with Crippen LogP contribution in [0.2, 0.25) is 0 Å². The van der Waals surface area contributed by atoms with E-state index in [4.69, 9.17) is 19.9 Å². The van der Waals surface area contributed by atoms with Gasteiger partial charge in [0.1, 0.15) is 17.3 Å². The number of fused-ring (bicyclic) bond motifs is 1. The van der Waals surface area contributed by atoms with Crippen LogP contribution >= 0.6 is 0 Å². The van der Waals surface area contributed by atoms with E-state index < -0.39 is 0 Å². The van der Waals surface area contributed by atoms with Gasteiger partial charge in [0.25, 0.3) is 5.91 Å². The normalized spacial score (nSPS) is 17.3. The molecule has 0 spiro atoms. The molecule has 0 aromatic carbocycles. The van der Waals surface area contributed by atoms with Gasteiger partial charge in [-0.25, -0.2) is 9.97 Å². The summed E-state index contributed by atoms with van der Waals surface area (Å²) in [5, 5.41) is 14.0. The number of carbonyl (C=O) groups excluding carboxylic acids is 2. The highest BCUT2D eigenvalue weighted by Crippen LogP contribution is 2.28. The first kappa shape index (κ1) is 38.3. The van der Waals surface area contributed by atoms with Crippen molar-refractivity contribution in [2.45, 2.75) is 89.1 Å². The maximum atomic E-state index is 13.4. The first-order chi connectivity index (χ1) is 25.1. The summed E-state index contributed by atoms with van der Waals surface area (Å²) in [4.78, 5) is 39.7. The van der Waals surface area contributed by atoms with E-state index in [9.17, 15) is 9.59 Å². The highest BCUT2D eigenvalue weighted by Gasteiger charge is 2.28. The number of nitrogens with one attached hydrogen (secondary N) is 4. The number of nitrogens with two attached hydrogens (primary N) is 1. The van der Waals surface area contributed by atoms with Gasteiger partial charge in [0.05, 0.1) is 31.9 Å². The molecule has 0 radical (unpaired) electrons. The number of ether oxygens (including phenoxy) is 3. The standard InChI is InChI=1S/C38H56N8O5/c39-16-3-1-5-19-49-21-23-51-24-22-50-20-6-2-4-17-41-37(47)28-7-10-31(11-8-28)43-38(48)34-25-32(42-30-12-13-30)26-36(45-34)46-35-14-9-29-27-40-18-15-33(29)44-35/h9,14-15,18,25-28,30-31H,1-8,10-13,16-17,19-24,39H2,(H,41,47)(H,43,48)(H2,42,44,45,46). The predicted octanol–water partition coefficient (Wildman–Crippen LogP) is 5.10. The van der Waals surface area contributed by atoms with Crippen molar-refractivity contribution < 1.29 is 23.8 Å². The van der Waals surface area contributed by atoms with Gasteiger partial charge >= 0.3 is 0 Å². The second-order valence-electron chi connectivity index (χ2n) is 13.5. The van der Waals surface area contributed by atoms with Crippen LogP contribution in [-0.2, 0) is 19.0 Å². The lowest BCUT2D eigenvalue weighted by molar-refractivity contribution is -0.126. The van der Waals surface area contributed by atoms with E-state index in [0.717, 1.165) is 107 Å². The number of anilines is 3. The van der Waals surface area contributed by atoms with Crippen LogP contribution in [0.15, 0.2) is 42.7 Å². The molecule has 2 saturated carbocycles. The maximum Gasteiger partial charge on any atom is 0.270 e. The highest BCUT2D eigenvalue weighted by atomic mass is 16.5. The minimum atomic E-state index is -0.214. The molecule has 278 valence electrons. The zero-order chi connectivity index (χ0) is 35.5. The smallest absolute Gasteiger partial charge is 0.270 e. The van der Waals surface area contributed by atoms with Gasteiger partial charge in [-0.2, -0.15) is 0 Å². The second kappa shape index (κ2) is 21.5. The lowest BCUT2D eigenvalue weighted by atomic mass is 9.85. The number of nitrogens with zero attached hydrogens (tertiary/aromatic N) is 3. The maximum absolute atomic E-state index is 13.4. The first-order valence-electron chi connectivity index (χ1n) is 18.9. The molecule has 0 aliphatic heterocycles. The van der Waals surface area contributed by atoms with Crippen molar-refractivity contribution in [2.75, 3.05) is 63.4 Å². The third-order valence-corrected chi connectivity index (χ3v) is 9.19. The zero-order valence-corrected chi connectivity index (χ0v) is 29.9. The van der Waals surface area contributed by atoms with Gasteiger partial charge in [0.15, 0.2) is 0 Å².